The maximum Gasteiger partial charge on any atom is 0.0726 e. The van der Waals surface area contributed by atoms with Crippen molar-refractivity contribution >= 4 is 67.1 Å². The van der Waals surface area contributed by atoms with E-state index in [2.05, 4.69) is 443 Å². The second-order valence-corrected chi connectivity index (χ2v) is 27.6. The lowest BCUT2D eigenvalue weighted by atomic mass is 9.70. The topological polar surface area (TPSA) is 9.72 Å². The summed E-state index contributed by atoms with van der Waals surface area (Å²) >= 11 is 3.72. The molecule has 0 radical (unpaired) electrons. The van der Waals surface area contributed by atoms with Crippen LogP contribution in [0.3, 0.4) is 0 Å². The summed E-state index contributed by atoms with van der Waals surface area (Å²) in [7, 11) is 0. The molecule has 0 fully saturated rings. The number of nitrogens with zero attached hydrogens (tertiary/aromatic N) is 3. The summed E-state index contributed by atoms with van der Waals surface area (Å²) < 4.78 is 1.13. The standard InChI is InChI=1S/C49H34N2.C25H15Br.C25H21N.CH4/c1-4-16-35(17-5-1)50(36-18-6-2-7-19-36)38-28-30-39(31-29-38)51(37-20-8-3-9-21-37)40-32-33-44-43-24-12-15-27-47(43)49(48(44)34-40)45-25-13-10-22-41(45)42-23-11-14-26-46(42)49;26-16-13-14-20-19-9-3-6-12-23(19)25(24(20)15-16)21-10-4-1-7-17(21)18-8-2-5-11-22(18)25;1-4-10-21(11-5-1)20-22-16-18-25(19-17-22)26(23-12-6-2-7-13-23)24-14-8-3-9-15-24;/h1-34H;1-15H;1-19H,20H2;1H4. The average Bonchev–Trinajstić information content (AvgIpc) is 1.52. The van der Waals surface area contributed by atoms with Crippen molar-refractivity contribution in [2.24, 2.45) is 0 Å². The predicted molar refractivity (Wildman–Crippen MR) is 440 cm³/mol. The summed E-state index contributed by atoms with van der Waals surface area (Å²) in [4.78, 5) is 6.98. The van der Waals surface area contributed by atoms with Crippen LogP contribution in [-0.4, -0.2) is 0 Å². The second-order valence-electron chi connectivity index (χ2n) is 26.7. The van der Waals surface area contributed by atoms with Gasteiger partial charge in [0.25, 0.3) is 0 Å². The van der Waals surface area contributed by atoms with E-state index in [-0.39, 0.29) is 12.8 Å². The number of para-hydroxylation sites is 5. The first-order valence-corrected chi connectivity index (χ1v) is 36.2. The lowest BCUT2D eigenvalue weighted by molar-refractivity contribution is 0.793. The van der Waals surface area contributed by atoms with Gasteiger partial charge in [0.2, 0.25) is 0 Å². The molecule has 0 atom stereocenters. The van der Waals surface area contributed by atoms with Crippen molar-refractivity contribution in [3.8, 4) is 44.5 Å². The molecule has 0 saturated carbocycles. The van der Waals surface area contributed by atoms with Crippen molar-refractivity contribution in [2.75, 3.05) is 14.7 Å². The fraction of sp³-hybridized carbons (Fsp3) is 0.0400. The van der Waals surface area contributed by atoms with Crippen molar-refractivity contribution in [3.05, 3.63) is 473 Å². The first kappa shape index (κ1) is 64.8. The van der Waals surface area contributed by atoms with E-state index < -0.39 is 5.41 Å². The summed E-state index contributed by atoms with van der Waals surface area (Å²) in [6, 6.07) is 149. The molecule has 16 aromatic carbocycles. The maximum atomic E-state index is 3.72. The van der Waals surface area contributed by atoms with E-state index in [4.69, 9.17) is 0 Å². The fourth-order valence-electron chi connectivity index (χ4n) is 16.9. The Morgan fingerprint density at radius 1 is 0.183 bits per heavy atom. The minimum absolute atomic E-state index is 0. The Kier molecular flexibility index (Phi) is 17.3. The molecule has 0 amide bonds. The number of rotatable bonds is 11. The molecule has 4 aliphatic rings. The van der Waals surface area contributed by atoms with E-state index in [9.17, 15) is 0 Å². The Labute approximate surface area is 619 Å². The number of fused-ring (bicyclic) bond motifs is 20. The number of hydrogen-bond acceptors (Lipinski definition) is 3. The van der Waals surface area contributed by atoms with E-state index in [1.54, 1.807) is 0 Å². The molecule has 2 spiro atoms. The van der Waals surface area contributed by atoms with Crippen LogP contribution < -0.4 is 14.7 Å². The maximum absolute atomic E-state index is 3.72. The Balaban J connectivity index is 0.000000127. The summed E-state index contributed by atoms with van der Waals surface area (Å²) in [6.07, 6.45) is 0.956. The van der Waals surface area contributed by atoms with Gasteiger partial charge in [-0.2, -0.15) is 0 Å². The fourth-order valence-corrected chi connectivity index (χ4v) is 17.2. The van der Waals surface area contributed by atoms with Crippen LogP contribution >= 0.6 is 15.9 Å². The number of hydrogen-bond donors (Lipinski definition) is 0. The first-order chi connectivity index (χ1) is 51.0. The molecule has 4 heteroatoms. The molecular formula is C100H74BrN3. The molecule has 0 saturated heterocycles. The average molecular weight is 1400 g/mol. The smallest absolute Gasteiger partial charge is 0.0726 e. The summed E-state index contributed by atoms with van der Waals surface area (Å²) in [5, 5.41) is 0. The molecular weight excluding hydrogens is 1320 g/mol. The van der Waals surface area contributed by atoms with E-state index >= 15 is 0 Å². The number of halogens is 1. The highest BCUT2D eigenvalue weighted by Gasteiger charge is 2.53. The molecule has 16 aromatic rings. The normalized spacial score (nSPS) is 12.6. The van der Waals surface area contributed by atoms with Crippen LogP contribution in [0.1, 0.15) is 63.1 Å². The SMILES string of the molecule is Brc1ccc2c(c1)C1(c3ccccc3-c3ccccc31)c1ccccc1-2.C.c1ccc(Cc2ccc(N(c3ccccc3)c3ccccc3)cc2)cc1.c1ccc(N(c2ccccc2)c2ccc(N(c3ccccc3)c3ccc4c(c3)C3(c5ccccc5-c5ccccc53)c3ccccc3-4)cc2)cc1. The van der Waals surface area contributed by atoms with Crippen LogP contribution in [0.15, 0.2) is 417 Å². The van der Waals surface area contributed by atoms with E-state index in [1.165, 1.54) is 106 Å². The van der Waals surface area contributed by atoms with Gasteiger partial charge in [-0.15, -0.1) is 0 Å². The van der Waals surface area contributed by atoms with E-state index in [1.807, 2.05) is 0 Å². The van der Waals surface area contributed by atoms with Gasteiger partial charge >= 0.3 is 0 Å². The van der Waals surface area contributed by atoms with Crippen LogP contribution in [0.2, 0.25) is 0 Å². The largest absolute Gasteiger partial charge is 0.311 e. The molecule has 0 aromatic heterocycles. The molecule has 496 valence electrons. The van der Waals surface area contributed by atoms with E-state index in [0.717, 1.165) is 56.4 Å². The van der Waals surface area contributed by atoms with Gasteiger partial charge in [0.05, 0.1) is 10.8 Å². The van der Waals surface area contributed by atoms with Crippen LogP contribution in [0.25, 0.3) is 44.5 Å². The van der Waals surface area contributed by atoms with Gasteiger partial charge in [-0.25, -0.2) is 0 Å². The van der Waals surface area contributed by atoms with Crippen LogP contribution in [-0.2, 0) is 17.3 Å². The zero-order valence-electron chi connectivity index (χ0n) is 56.7. The third-order valence-corrected chi connectivity index (χ3v) is 21.6. The summed E-state index contributed by atoms with van der Waals surface area (Å²) in [5.41, 5.74) is 33.8. The molecule has 104 heavy (non-hydrogen) atoms. The number of anilines is 9. The zero-order valence-corrected chi connectivity index (χ0v) is 58.3. The van der Waals surface area contributed by atoms with Gasteiger partial charge in [-0.05, 0) is 228 Å². The Bertz CT molecular complexity index is 5520. The molecule has 4 aliphatic carbocycles. The highest BCUT2D eigenvalue weighted by atomic mass is 79.9. The van der Waals surface area contributed by atoms with Crippen molar-refractivity contribution in [1.29, 1.82) is 0 Å². The van der Waals surface area contributed by atoms with Crippen molar-refractivity contribution in [3.63, 3.8) is 0 Å². The van der Waals surface area contributed by atoms with Gasteiger partial charge in [-0.3, -0.25) is 0 Å². The molecule has 0 unspecified atom stereocenters. The predicted octanol–water partition coefficient (Wildman–Crippen LogP) is 27.1. The lowest BCUT2D eigenvalue weighted by Gasteiger charge is -2.32. The van der Waals surface area contributed by atoms with Crippen molar-refractivity contribution < 1.29 is 0 Å². The Morgan fingerprint density at radius 2 is 0.394 bits per heavy atom. The highest BCUT2D eigenvalue weighted by Crippen LogP contribution is 2.65. The van der Waals surface area contributed by atoms with Gasteiger partial charge in [0.1, 0.15) is 0 Å². The third-order valence-electron chi connectivity index (χ3n) is 21.1. The lowest BCUT2D eigenvalue weighted by Crippen LogP contribution is -2.26. The molecule has 0 aliphatic heterocycles. The summed E-state index contributed by atoms with van der Waals surface area (Å²) in [6.45, 7) is 0. The number of benzene rings is 16. The van der Waals surface area contributed by atoms with Crippen LogP contribution in [0, 0.1) is 0 Å². The van der Waals surface area contributed by atoms with Gasteiger partial charge in [0.15, 0.2) is 0 Å². The highest BCUT2D eigenvalue weighted by molar-refractivity contribution is 9.10. The first-order valence-electron chi connectivity index (χ1n) is 35.5. The van der Waals surface area contributed by atoms with Crippen molar-refractivity contribution in [1.82, 2.24) is 0 Å². The Hall–Kier alpha value is -12.6. The minimum atomic E-state index is -0.396. The monoisotopic (exact) mass is 1400 g/mol. The summed E-state index contributed by atoms with van der Waals surface area (Å²) in [5.74, 6) is 0. The molecule has 3 nitrogen and oxygen atoms in total. The molecule has 0 bridgehead atoms. The van der Waals surface area contributed by atoms with E-state index in [0.29, 0.717) is 0 Å². The minimum Gasteiger partial charge on any atom is -0.311 e. The van der Waals surface area contributed by atoms with Gasteiger partial charge < -0.3 is 14.7 Å². The third kappa shape index (κ3) is 11.1. The zero-order chi connectivity index (χ0) is 68.7. The van der Waals surface area contributed by atoms with Crippen molar-refractivity contribution in [2.45, 2.75) is 24.7 Å². The molecule has 20 rings (SSSR count). The van der Waals surface area contributed by atoms with Gasteiger partial charge in [-0.1, -0.05) is 315 Å². The van der Waals surface area contributed by atoms with Crippen LogP contribution in [0.4, 0.5) is 51.2 Å². The molecule has 0 N–H and O–H groups in total. The van der Waals surface area contributed by atoms with Gasteiger partial charge in [0, 0.05) is 55.7 Å². The molecule has 0 heterocycles. The quantitative estimate of drug-likeness (QED) is 0.128. The van der Waals surface area contributed by atoms with Crippen LogP contribution in [0.5, 0.6) is 0 Å². The second kappa shape index (κ2) is 27.7. The Morgan fingerprint density at radius 3 is 0.712 bits per heavy atom.